The molecule has 2 aliphatic heterocycles. The first-order valence-corrected chi connectivity index (χ1v) is 8.90. The summed E-state index contributed by atoms with van der Waals surface area (Å²) in [6.07, 6.45) is -3.27. The third kappa shape index (κ3) is 3.92. The van der Waals surface area contributed by atoms with Gasteiger partial charge in [-0.1, -0.05) is 48.5 Å². The van der Waals surface area contributed by atoms with Crippen LogP contribution in [0.3, 0.4) is 0 Å². The van der Waals surface area contributed by atoms with Crippen molar-refractivity contribution < 1.29 is 24.1 Å². The zero-order chi connectivity index (χ0) is 18.6. The molecule has 6 atom stereocenters. The second kappa shape index (κ2) is 8.24. The lowest BCUT2D eigenvalue weighted by Crippen LogP contribution is -2.61. The molecule has 0 bridgehead atoms. The lowest BCUT2D eigenvalue weighted by atomic mass is 9.96. The highest BCUT2D eigenvalue weighted by atomic mass is 16.7. The zero-order valence-corrected chi connectivity index (χ0v) is 14.9. The molecule has 2 heterocycles. The number of methoxy groups -OCH3 is 1. The molecule has 0 aromatic heterocycles. The molecule has 7 heteroatoms. The second-order valence-corrected chi connectivity index (χ2v) is 6.49. The van der Waals surface area contributed by atoms with Gasteiger partial charge in [0.15, 0.2) is 12.6 Å². The van der Waals surface area contributed by atoms with E-state index in [0.29, 0.717) is 12.3 Å². The molecule has 27 heavy (non-hydrogen) atoms. The van der Waals surface area contributed by atoms with Crippen molar-refractivity contribution in [3.63, 3.8) is 0 Å². The van der Waals surface area contributed by atoms with E-state index in [0.717, 1.165) is 5.56 Å². The van der Waals surface area contributed by atoms with Crippen LogP contribution in [-0.2, 0) is 18.9 Å². The molecule has 0 radical (unpaired) electrons. The summed E-state index contributed by atoms with van der Waals surface area (Å²) in [6.45, 7) is 0.314. The van der Waals surface area contributed by atoms with Gasteiger partial charge in [0, 0.05) is 12.7 Å². The monoisotopic (exact) mass is 370 g/mol. The highest BCUT2D eigenvalue weighted by Gasteiger charge is 2.50. The lowest BCUT2D eigenvalue weighted by molar-refractivity contribution is -0.338. The Labute approximate surface area is 157 Å². The van der Waals surface area contributed by atoms with Gasteiger partial charge in [0.2, 0.25) is 0 Å². The minimum absolute atomic E-state index is 0.314. The Bertz CT molecular complexity index is 757. The largest absolute Gasteiger partial charge is 0.385 e. The Morgan fingerprint density at radius 1 is 1.00 bits per heavy atom. The van der Waals surface area contributed by atoms with Gasteiger partial charge >= 0.3 is 0 Å². The Morgan fingerprint density at radius 2 is 1.70 bits per heavy atom. The highest BCUT2D eigenvalue weighted by molar-refractivity contribution is 5.34. The van der Waals surface area contributed by atoms with Crippen molar-refractivity contribution in [1.29, 1.82) is 0 Å². The second-order valence-electron chi connectivity index (χ2n) is 6.49. The van der Waals surface area contributed by atoms with Crippen molar-refractivity contribution in [3.8, 4) is 0 Å². The van der Waals surface area contributed by atoms with E-state index in [-0.39, 0.29) is 0 Å². The third-order valence-corrected chi connectivity index (χ3v) is 4.70. The standard InChI is InChI=1S/C20H22N2O5/c1-24-20-17(23)16(22-21-14-10-6-3-7-11-14)18-15(26-20)12-25-19(27-18)13-8-4-2-5-9-13/h2-11,15-20,23H,12H2,1H3/t15?,16-,17-,18?,19-,20+/m1/s1. The zero-order valence-electron chi connectivity index (χ0n) is 14.9. The Morgan fingerprint density at radius 3 is 2.41 bits per heavy atom. The van der Waals surface area contributed by atoms with Gasteiger partial charge in [-0.3, -0.25) is 0 Å². The maximum absolute atomic E-state index is 10.7. The quantitative estimate of drug-likeness (QED) is 0.837. The Kier molecular flexibility index (Phi) is 5.56. The molecule has 2 aromatic rings. The normalized spacial score (nSPS) is 33.7. The van der Waals surface area contributed by atoms with E-state index < -0.39 is 36.9 Å². The molecule has 2 unspecified atom stereocenters. The number of hydrogen-bond donors (Lipinski definition) is 1. The number of aliphatic hydroxyl groups is 1. The topological polar surface area (TPSA) is 81.9 Å². The van der Waals surface area contributed by atoms with Gasteiger partial charge in [-0.25, -0.2) is 0 Å². The minimum atomic E-state index is -1.00. The summed E-state index contributed by atoms with van der Waals surface area (Å²) in [6, 6.07) is 18.4. The van der Waals surface area contributed by atoms with Crippen LogP contribution in [0.2, 0.25) is 0 Å². The number of ether oxygens (including phenoxy) is 4. The average molecular weight is 370 g/mol. The van der Waals surface area contributed by atoms with Gasteiger partial charge in [-0.05, 0) is 12.1 Å². The van der Waals surface area contributed by atoms with Crippen LogP contribution in [0.5, 0.6) is 0 Å². The molecule has 1 N–H and O–H groups in total. The maximum Gasteiger partial charge on any atom is 0.185 e. The number of hydrogen-bond acceptors (Lipinski definition) is 7. The van der Waals surface area contributed by atoms with Gasteiger partial charge in [0.05, 0.1) is 12.3 Å². The molecule has 0 spiro atoms. The van der Waals surface area contributed by atoms with Crippen LogP contribution < -0.4 is 0 Å². The molecule has 142 valence electrons. The van der Waals surface area contributed by atoms with Crippen LogP contribution in [0.25, 0.3) is 0 Å². The smallest absolute Gasteiger partial charge is 0.185 e. The highest BCUT2D eigenvalue weighted by Crippen LogP contribution is 2.35. The van der Waals surface area contributed by atoms with Crippen molar-refractivity contribution in [2.75, 3.05) is 13.7 Å². The summed E-state index contributed by atoms with van der Waals surface area (Å²) in [5, 5.41) is 19.3. The molecule has 2 aliphatic rings. The van der Waals surface area contributed by atoms with E-state index in [4.69, 9.17) is 18.9 Å². The van der Waals surface area contributed by atoms with E-state index in [1.807, 2.05) is 60.7 Å². The summed E-state index contributed by atoms with van der Waals surface area (Å²) < 4.78 is 23.0. The van der Waals surface area contributed by atoms with E-state index >= 15 is 0 Å². The van der Waals surface area contributed by atoms with Crippen LogP contribution in [0.15, 0.2) is 70.9 Å². The van der Waals surface area contributed by atoms with Crippen LogP contribution in [0, 0.1) is 0 Å². The summed E-state index contributed by atoms with van der Waals surface area (Å²) in [5.41, 5.74) is 1.60. The van der Waals surface area contributed by atoms with Gasteiger partial charge in [-0.15, -0.1) is 0 Å². The van der Waals surface area contributed by atoms with Crippen LogP contribution in [-0.4, -0.2) is 49.5 Å². The summed E-state index contributed by atoms with van der Waals surface area (Å²) in [4.78, 5) is 0. The SMILES string of the molecule is CO[C@H]1OC2CO[C@@H](c3ccccc3)OC2[C@H](N=Nc2ccccc2)[C@H]1O. The van der Waals surface area contributed by atoms with E-state index in [2.05, 4.69) is 10.2 Å². The van der Waals surface area contributed by atoms with Gasteiger partial charge in [0.1, 0.15) is 24.4 Å². The molecule has 0 aliphatic carbocycles. The minimum Gasteiger partial charge on any atom is -0.385 e. The molecule has 4 rings (SSSR count). The third-order valence-electron chi connectivity index (χ3n) is 4.70. The number of aliphatic hydroxyl groups excluding tert-OH is 1. The van der Waals surface area contributed by atoms with Crippen LogP contribution >= 0.6 is 0 Å². The van der Waals surface area contributed by atoms with Gasteiger partial charge in [-0.2, -0.15) is 10.2 Å². The first kappa shape index (κ1) is 18.2. The van der Waals surface area contributed by atoms with E-state index in [1.165, 1.54) is 7.11 Å². The lowest BCUT2D eigenvalue weighted by Gasteiger charge is -2.46. The number of benzene rings is 2. The van der Waals surface area contributed by atoms with Crippen LogP contribution in [0.4, 0.5) is 5.69 Å². The Hall–Kier alpha value is -2.16. The predicted octanol–water partition coefficient (Wildman–Crippen LogP) is 2.99. The molecular formula is C20H22N2O5. The molecule has 0 amide bonds. The fourth-order valence-corrected chi connectivity index (χ4v) is 3.31. The molecule has 2 fully saturated rings. The molecule has 0 saturated carbocycles. The van der Waals surface area contributed by atoms with Crippen molar-refractivity contribution in [3.05, 3.63) is 66.2 Å². The number of azo groups is 1. The van der Waals surface area contributed by atoms with E-state index in [9.17, 15) is 5.11 Å². The first-order chi connectivity index (χ1) is 13.3. The van der Waals surface area contributed by atoms with E-state index in [1.54, 1.807) is 0 Å². The molecular weight excluding hydrogens is 348 g/mol. The predicted molar refractivity (Wildman–Crippen MR) is 96.4 cm³/mol. The van der Waals surface area contributed by atoms with Crippen molar-refractivity contribution >= 4 is 5.69 Å². The number of nitrogens with zero attached hydrogens (tertiary/aromatic N) is 2. The number of rotatable bonds is 4. The fourth-order valence-electron chi connectivity index (χ4n) is 3.31. The molecule has 2 aromatic carbocycles. The summed E-state index contributed by atoms with van der Waals surface area (Å²) >= 11 is 0. The van der Waals surface area contributed by atoms with Crippen molar-refractivity contribution in [2.24, 2.45) is 10.2 Å². The molecule has 7 nitrogen and oxygen atoms in total. The van der Waals surface area contributed by atoms with Crippen molar-refractivity contribution in [1.82, 2.24) is 0 Å². The van der Waals surface area contributed by atoms with Crippen molar-refractivity contribution in [2.45, 2.75) is 36.9 Å². The van der Waals surface area contributed by atoms with Crippen LogP contribution in [0.1, 0.15) is 11.9 Å². The number of fused-ring (bicyclic) bond motifs is 1. The van der Waals surface area contributed by atoms with Gasteiger partial charge in [0.25, 0.3) is 0 Å². The molecule has 2 saturated heterocycles. The average Bonchev–Trinajstić information content (AvgIpc) is 2.74. The summed E-state index contributed by atoms with van der Waals surface area (Å²) in [7, 11) is 1.48. The maximum atomic E-state index is 10.7. The fraction of sp³-hybridized carbons (Fsp3) is 0.400. The summed E-state index contributed by atoms with van der Waals surface area (Å²) in [5.74, 6) is 0. The Balaban J connectivity index is 1.58. The first-order valence-electron chi connectivity index (χ1n) is 8.90. The van der Waals surface area contributed by atoms with Gasteiger partial charge < -0.3 is 24.1 Å².